The van der Waals surface area contributed by atoms with Crippen molar-refractivity contribution in [3.05, 3.63) is 28.3 Å². The molecule has 2 aliphatic rings. The number of hydrogen-bond acceptors (Lipinski definition) is 9. The number of ether oxygens (including phenoxy) is 1. The standard InChI is InChI=1S/C15H17BN4O5S/c17-5-11-18-19-15(26-11)20-6-9(7-20)24-10-2-1-8-3-4-16(23)25-13(8)12(10)14(21)22/h1-2,9,23H,3-7,17H2,(H,21,22). The van der Waals surface area contributed by atoms with Gasteiger partial charge in [0.05, 0.1) is 13.1 Å². The molecule has 1 aromatic carbocycles. The molecule has 2 aromatic rings. The average molecular weight is 376 g/mol. The number of hydrogen-bond donors (Lipinski definition) is 3. The highest BCUT2D eigenvalue weighted by atomic mass is 32.1. The second kappa shape index (κ2) is 6.74. The number of nitrogens with two attached hydrogens (primary N) is 1. The predicted molar refractivity (Wildman–Crippen MR) is 94.9 cm³/mol. The van der Waals surface area contributed by atoms with Crippen LogP contribution in [0.5, 0.6) is 11.5 Å². The van der Waals surface area contributed by atoms with Crippen LogP contribution in [0.3, 0.4) is 0 Å². The number of carbonyl (C=O) groups is 1. The van der Waals surface area contributed by atoms with Crippen molar-refractivity contribution in [1.29, 1.82) is 0 Å². The molecule has 11 heteroatoms. The third-order valence-electron chi connectivity index (χ3n) is 4.37. The molecule has 0 radical (unpaired) electrons. The first kappa shape index (κ1) is 17.1. The number of aromatic nitrogens is 2. The summed E-state index contributed by atoms with van der Waals surface area (Å²) < 4.78 is 11.2. The van der Waals surface area contributed by atoms with Gasteiger partial charge in [0.2, 0.25) is 5.13 Å². The van der Waals surface area contributed by atoms with E-state index in [0.29, 0.717) is 32.4 Å². The summed E-state index contributed by atoms with van der Waals surface area (Å²) in [6, 6.07) is 3.45. The maximum absolute atomic E-state index is 11.7. The van der Waals surface area contributed by atoms with Crippen LogP contribution in [0, 0.1) is 0 Å². The van der Waals surface area contributed by atoms with Crippen molar-refractivity contribution in [1.82, 2.24) is 10.2 Å². The Morgan fingerprint density at radius 2 is 2.27 bits per heavy atom. The van der Waals surface area contributed by atoms with Crippen LogP contribution < -0.4 is 20.0 Å². The Balaban J connectivity index is 1.49. The Morgan fingerprint density at radius 1 is 1.46 bits per heavy atom. The van der Waals surface area contributed by atoms with Gasteiger partial charge >= 0.3 is 13.1 Å². The Kier molecular flexibility index (Phi) is 4.43. The van der Waals surface area contributed by atoms with Crippen molar-refractivity contribution in [2.24, 2.45) is 5.73 Å². The highest BCUT2D eigenvalue weighted by Gasteiger charge is 2.34. The molecule has 26 heavy (non-hydrogen) atoms. The third-order valence-corrected chi connectivity index (χ3v) is 5.38. The van der Waals surface area contributed by atoms with Crippen LogP contribution in [0.2, 0.25) is 6.32 Å². The van der Waals surface area contributed by atoms with Crippen LogP contribution in [-0.2, 0) is 13.0 Å². The number of nitrogens with zero attached hydrogens (tertiary/aromatic N) is 3. The molecule has 2 aliphatic heterocycles. The topological polar surface area (TPSA) is 131 Å². The number of fused-ring (bicyclic) bond motifs is 1. The van der Waals surface area contributed by atoms with Crippen LogP contribution in [0.15, 0.2) is 12.1 Å². The van der Waals surface area contributed by atoms with E-state index < -0.39 is 13.1 Å². The van der Waals surface area contributed by atoms with Crippen LogP contribution in [0.1, 0.15) is 20.9 Å². The lowest BCUT2D eigenvalue weighted by atomic mass is 9.78. The summed E-state index contributed by atoms with van der Waals surface area (Å²) in [7, 11) is -0.996. The maximum atomic E-state index is 11.7. The van der Waals surface area contributed by atoms with Crippen molar-refractivity contribution in [2.45, 2.75) is 25.4 Å². The molecule has 0 unspecified atom stereocenters. The molecular weight excluding hydrogens is 359 g/mol. The molecule has 0 aliphatic carbocycles. The van der Waals surface area contributed by atoms with Gasteiger partial charge in [-0.1, -0.05) is 17.4 Å². The van der Waals surface area contributed by atoms with Gasteiger partial charge in [-0.3, -0.25) is 0 Å². The van der Waals surface area contributed by atoms with Gasteiger partial charge in [-0.15, -0.1) is 10.2 Å². The Morgan fingerprint density at radius 3 is 2.96 bits per heavy atom. The van der Waals surface area contributed by atoms with E-state index in [-0.39, 0.29) is 23.2 Å². The quantitative estimate of drug-likeness (QED) is 0.634. The Labute approximate surface area is 153 Å². The minimum Gasteiger partial charge on any atom is -0.535 e. The summed E-state index contributed by atoms with van der Waals surface area (Å²) in [5.41, 5.74) is 6.26. The van der Waals surface area contributed by atoms with Gasteiger partial charge in [-0.2, -0.15) is 0 Å². The number of carboxylic acids is 1. The molecule has 1 aromatic heterocycles. The van der Waals surface area contributed by atoms with Gasteiger partial charge in [0.1, 0.15) is 28.2 Å². The number of carboxylic acid groups (broad SMARTS) is 1. The monoisotopic (exact) mass is 376 g/mol. The van der Waals surface area contributed by atoms with E-state index in [1.54, 1.807) is 12.1 Å². The zero-order chi connectivity index (χ0) is 18.3. The summed E-state index contributed by atoms with van der Waals surface area (Å²) in [6.45, 7) is 1.52. The molecule has 0 atom stereocenters. The van der Waals surface area contributed by atoms with E-state index in [0.717, 1.165) is 15.7 Å². The van der Waals surface area contributed by atoms with Crippen molar-refractivity contribution < 1.29 is 24.3 Å². The lowest BCUT2D eigenvalue weighted by molar-refractivity contribution is 0.0684. The first-order valence-corrected chi connectivity index (χ1v) is 9.04. The predicted octanol–water partition coefficient (Wildman–Crippen LogP) is 0.378. The van der Waals surface area contributed by atoms with Crippen molar-refractivity contribution >= 4 is 29.6 Å². The SMILES string of the molecule is NCc1nnc(N2CC(Oc3ccc4c(c3C(=O)O)OB(O)CC4)C2)s1. The molecule has 4 rings (SSSR count). The smallest absolute Gasteiger partial charge is 0.522 e. The maximum Gasteiger partial charge on any atom is 0.522 e. The summed E-state index contributed by atoms with van der Waals surface area (Å²) in [4.78, 5) is 13.7. The molecule has 136 valence electrons. The molecule has 0 bridgehead atoms. The number of aromatic carboxylic acids is 1. The van der Waals surface area contributed by atoms with Crippen molar-refractivity contribution in [3.63, 3.8) is 0 Å². The number of rotatable bonds is 5. The second-order valence-corrected chi connectivity index (χ2v) is 7.21. The fourth-order valence-electron chi connectivity index (χ4n) is 3.02. The average Bonchev–Trinajstić information content (AvgIpc) is 3.05. The molecule has 0 saturated carbocycles. The van der Waals surface area contributed by atoms with E-state index in [1.807, 2.05) is 4.90 Å². The van der Waals surface area contributed by atoms with Gasteiger partial charge in [-0.25, -0.2) is 4.79 Å². The van der Waals surface area contributed by atoms with E-state index in [2.05, 4.69) is 10.2 Å². The number of anilines is 1. The summed E-state index contributed by atoms with van der Waals surface area (Å²) in [5.74, 6) is -0.699. The van der Waals surface area contributed by atoms with Gasteiger partial charge in [-0.05, 0) is 24.4 Å². The second-order valence-electron chi connectivity index (χ2n) is 6.17. The van der Waals surface area contributed by atoms with Gasteiger partial charge in [0, 0.05) is 6.54 Å². The van der Waals surface area contributed by atoms with Gasteiger partial charge in [0.15, 0.2) is 0 Å². The van der Waals surface area contributed by atoms with Crippen LogP contribution >= 0.6 is 11.3 Å². The highest BCUT2D eigenvalue weighted by molar-refractivity contribution is 7.15. The van der Waals surface area contributed by atoms with Crippen molar-refractivity contribution in [3.8, 4) is 11.5 Å². The lowest BCUT2D eigenvalue weighted by Gasteiger charge is -2.38. The fraction of sp³-hybridized carbons (Fsp3) is 0.400. The molecule has 9 nitrogen and oxygen atoms in total. The van der Waals surface area contributed by atoms with Crippen LogP contribution in [-0.4, -0.2) is 52.6 Å². The first-order chi connectivity index (χ1) is 12.5. The molecule has 1 fully saturated rings. The minimum atomic E-state index is -1.14. The number of aryl methyl sites for hydroxylation is 1. The summed E-state index contributed by atoms with van der Waals surface area (Å²) in [6.07, 6.45) is 0.843. The van der Waals surface area contributed by atoms with Gasteiger partial charge < -0.3 is 30.2 Å². The van der Waals surface area contributed by atoms with Gasteiger partial charge in [0.25, 0.3) is 0 Å². The molecular formula is C15H17BN4O5S. The third kappa shape index (κ3) is 3.09. The zero-order valence-corrected chi connectivity index (χ0v) is 14.6. The van der Waals surface area contributed by atoms with Crippen molar-refractivity contribution in [2.75, 3.05) is 18.0 Å². The molecule has 4 N–H and O–H groups in total. The molecule has 0 spiro atoms. The van der Waals surface area contributed by atoms with E-state index in [1.165, 1.54) is 11.3 Å². The van der Waals surface area contributed by atoms with E-state index >= 15 is 0 Å². The zero-order valence-electron chi connectivity index (χ0n) is 13.8. The highest BCUT2D eigenvalue weighted by Crippen LogP contribution is 2.37. The fourth-order valence-corrected chi connectivity index (χ4v) is 3.75. The summed E-state index contributed by atoms with van der Waals surface area (Å²) in [5, 5.41) is 28.9. The minimum absolute atomic E-state index is 0.0407. The van der Waals surface area contributed by atoms with Crippen LogP contribution in [0.25, 0.3) is 0 Å². The van der Waals surface area contributed by atoms with E-state index in [4.69, 9.17) is 15.1 Å². The molecule has 1 saturated heterocycles. The number of benzene rings is 1. The Hall–Kier alpha value is -2.37. The molecule has 3 heterocycles. The normalized spacial score (nSPS) is 16.7. The Bertz CT molecular complexity index is 841. The lowest BCUT2D eigenvalue weighted by Crippen LogP contribution is -2.54. The first-order valence-electron chi connectivity index (χ1n) is 8.23. The largest absolute Gasteiger partial charge is 0.535 e. The van der Waals surface area contributed by atoms with E-state index in [9.17, 15) is 14.9 Å². The molecule has 0 amide bonds. The van der Waals surface area contributed by atoms with Crippen LogP contribution in [0.4, 0.5) is 5.13 Å². The summed E-state index contributed by atoms with van der Waals surface area (Å²) >= 11 is 1.43.